The molecule has 4 nitrogen and oxygen atoms in total. The summed E-state index contributed by atoms with van der Waals surface area (Å²) in [5.74, 6) is 1.73. The number of hydrogen-bond acceptors (Lipinski definition) is 3. The Bertz CT molecular complexity index is 975. The molecule has 2 aromatic heterocycles. The molecule has 0 radical (unpaired) electrons. The highest BCUT2D eigenvalue weighted by molar-refractivity contribution is 5.87. The number of nitrogens with zero attached hydrogens (tertiary/aromatic N) is 3. The van der Waals surface area contributed by atoms with Crippen LogP contribution in [0.2, 0.25) is 0 Å². The van der Waals surface area contributed by atoms with Crippen molar-refractivity contribution in [1.82, 2.24) is 14.5 Å². The van der Waals surface area contributed by atoms with Gasteiger partial charge in [0, 0.05) is 60.3 Å². The first-order valence-corrected chi connectivity index (χ1v) is 8.96. The summed E-state index contributed by atoms with van der Waals surface area (Å²) in [5.41, 5.74) is 7.15. The van der Waals surface area contributed by atoms with Crippen molar-refractivity contribution < 1.29 is 4.74 Å². The topological polar surface area (TPSA) is 30.3 Å². The molecule has 0 aliphatic carbocycles. The SMILES string of the molecule is COc1cc(C2Cn3c4c(c5cc(C)ccc53)CN(C)CC42)ccn1. The lowest BCUT2D eigenvalue weighted by Gasteiger charge is -2.31. The Hall–Kier alpha value is -2.33. The number of benzene rings is 1. The zero-order valence-corrected chi connectivity index (χ0v) is 15.0. The van der Waals surface area contributed by atoms with Crippen LogP contribution in [0.5, 0.6) is 5.88 Å². The van der Waals surface area contributed by atoms with Gasteiger partial charge in [0.15, 0.2) is 0 Å². The molecule has 2 atom stereocenters. The standard InChI is InChI=1S/C21H23N3O/c1-13-4-5-19-15(8-13)17-10-23(2)11-18-16(12-24(19)21(17)18)14-6-7-22-20(9-14)25-3/h4-9,16,18H,10-12H2,1-3H3. The monoisotopic (exact) mass is 333 g/mol. The van der Waals surface area contributed by atoms with Crippen LogP contribution in [-0.2, 0) is 13.1 Å². The van der Waals surface area contributed by atoms with Gasteiger partial charge in [0.25, 0.3) is 0 Å². The van der Waals surface area contributed by atoms with Gasteiger partial charge in [-0.1, -0.05) is 11.6 Å². The van der Waals surface area contributed by atoms with Crippen LogP contribution in [0.1, 0.15) is 34.2 Å². The van der Waals surface area contributed by atoms with Crippen molar-refractivity contribution in [2.45, 2.75) is 31.8 Å². The molecule has 25 heavy (non-hydrogen) atoms. The average Bonchev–Trinajstić information content (AvgIpc) is 3.13. The molecule has 2 aliphatic heterocycles. The fourth-order valence-electron chi connectivity index (χ4n) is 4.85. The van der Waals surface area contributed by atoms with Crippen LogP contribution >= 0.6 is 0 Å². The summed E-state index contributed by atoms with van der Waals surface area (Å²) in [4.78, 5) is 6.75. The third-order valence-corrected chi connectivity index (χ3v) is 5.92. The smallest absolute Gasteiger partial charge is 0.213 e. The van der Waals surface area contributed by atoms with Crippen LogP contribution in [-0.4, -0.2) is 35.2 Å². The fourth-order valence-corrected chi connectivity index (χ4v) is 4.85. The van der Waals surface area contributed by atoms with E-state index < -0.39 is 0 Å². The van der Waals surface area contributed by atoms with E-state index in [0.717, 1.165) is 19.6 Å². The van der Waals surface area contributed by atoms with E-state index in [1.54, 1.807) is 12.8 Å². The van der Waals surface area contributed by atoms with Crippen LogP contribution in [0.3, 0.4) is 0 Å². The first-order valence-electron chi connectivity index (χ1n) is 8.96. The van der Waals surface area contributed by atoms with Crippen molar-refractivity contribution in [3.05, 3.63) is 58.9 Å². The Kier molecular flexibility index (Phi) is 3.19. The van der Waals surface area contributed by atoms with E-state index in [-0.39, 0.29) is 0 Å². The van der Waals surface area contributed by atoms with Gasteiger partial charge in [-0.3, -0.25) is 0 Å². The number of hydrogen-bond donors (Lipinski definition) is 0. The zero-order valence-electron chi connectivity index (χ0n) is 15.0. The van der Waals surface area contributed by atoms with Gasteiger partial charge in [-0.15, -0.1) is 0 Å². The van der Waals surface area contributed by atoms with E-state index in [1.807, 2.05) is 6.20 Å². The number of rotatable bonds is 2. The second kappa shape index (κ2) is 5.33. The Morgan fingerprint density at radius 2 is 2.00 bits per heavy atom. The van der Waals surface area contributed by atoms with Crippen molar-refractivity contribution in [3.63, 3.8) is 0 Å². The minimum Gasteiger partial charge on any atom is -0.481 e. The van der Waals surface area contributed by atoms with Crippen molar-refractivity contribution in [2.75, 3.05) is 20.7 Å². The number of methoxy groups -OCH3 is 1. The number of aryl methyl sites for hydroxylation is 1. The quantitative estimate of drug-likeness (QED) is 0.717. The number of pyridine rings is 1. The summed E-state index contributed by atoms with van der Waals surface area (Å²) in [6, 6.07) is 11.2. The van der Waals surface area contributed by atoms with Gasteiger partial charge in [-0.2, -0.15) is 0 Å². The highest BCUT2D eigenvalue weighted by atomic mass is 16.5. The largest absolute Gasteiger partial charge is 0.481 e. The highest BCUT2D eigenvalue weighted by Gasteiger charge is 2.41. The summed E-state index contributed by atoms with van der Waals surface area (Å²) in [7, 11) is 3.93. The number of fused-ring (bicyclic) bond motifs is 3. The van der Waals surface area contributed by atoms with E-state index in [4.69, 9.17) is 4.74 Å². The van der Waals surface area contributed by atoms with E-state index >= 15 is 0 Å². The van der Waals surface area contributed by atoms with E-state index in [0.29, 0.717) is 17.7 Å². The maximum atomic E-state index is 5.36. The second-order valence-corrected chi connectivity index (χ2v) is 7.54. The van der Waals surface area contributed by atoms with Gasteiger partial charge < -0.3 is 14.2 Å². The predicted octanol–water partition coefficient (Wildman–Crippen LogP) is 3.68. The van der Waals surface area contributed by atoms with Crippen molar-refractivity contribution in [3.8, 4) is 5.88 Å². The number of aromatic nitrogens is 2. The molecule has 0 bridgehead atoms. The van der Waals surface area contributed by atoms with Crippen LogP contribution in [0.4, 0.5) is 0 Å². The summed E-state index contributed by atoms with van der Waals surface area (Å²) in [6.45, 7) is 5.38. The molecule has 2 aliphatic rings. The molecule has 4 heteroatoms. The van der Waals surface area contributed by atoms with Crippen molar-refractivity contribution in [1.29, 1.82) is 0 Å². The Morgan fingerprint density at radius 1 is 1.12 bits per heavy atom. The molecule has 2 unspecified atom stereocenters. The fraction of sp³-hybridized carbons (Fsp3) is 0.381. The van der Waals surface area contributed by atoms with Gasteiger partial charge in [-0.25, -0.2) is 4.98 Å². The van der Waals surface area contributed by atoms with Crippen LogP contribution in [0.15, 0.2) is 36.5 Å². The summed E-state index contributed by atoms with van der Waals surface area (Å²) < 4.78 is 7.92. The molecule has 0 fully saturated rings. The third-order valence-electron chi connectivity index (χ3n) is 5.92. The summed E-state index contributed by atoms with van der Waals surface area (Å²) in [6.07, 6.45) is 1.87. The lowest BCUT2D eigenvalue weighted by Crippen LogP contribution is -2.31. The Balaban J connectivity index is 1.68. The van der Waals surface area contributed by atoms with Gasteiger partial charge >= 0.3 is 0 Å². The molecule has 0 spiro atoms. The molecule has 3 aromatic rings. The van der Waals surface area contributed by atoms with Gasteiger partial charge in [0.05, 0.1) is 7.11 Å². The van der Waals surface area contributed by atoms with E-state index in [2.05, 4.69) is 58.8 Å². The molecular weight excluding hydrogens is 310 g/mol. The molecule has 0 N–H and O–H groups in total. The minimum atomic E-state index is 0.485. The molecule has 5 rings (SSSR count). The molecule has 4 heterocycles. The average molecular weight is 333 g/mol. The Morgan fingerprint density at radius 3 is 2.84 bits per heavy atom. The molecule has 0 saturated carbocycles. The van der Waals surface area contributed by atoms with Crippen LogP contribution in [0, 0.1) is 6.92 Å². The van der Waals surface area contributed by atoms with Crippen LogP contribution in [0.25, 0.3) is 10.9 Å². The minimum absolute atomic E-state index is 0.485. The Labute approximate surface area is 148 Å². The summed E-state index contributed by atoms with van der Waals surface area (Å²) in [5, 5.41) is 1.44. The maximum Gasteiger partial charge on any atom is 0.213 e. The first-order chi connectivity index (χ1) is 12.2. The van der Waals surface area contributed by atoms with Gasteiger partial charge in [-0.05, 0) is 43.3 Å². The lowest BCUT2D eigenvalue weighted by atomic mass is 9.83. The number of likely N-dealkylation sites (N-methyl/N-ethyl adjacent to an activating group) is 1. The maximum absolute atomic E-state index is 5.36. The van der Waals surface area contributed by atoms with Gasteiger partial charge in [0.1, 0.15) is 0 Å². The molecule has 0 amide bonds. The normalized spacial score (nSPS) is 22.4. The molecule has 1 aromatic carbocycles. The molecular formula is C21H23N3O. The lowest BCUT2D eigenvalue weighted by molar-refractivity contribution is 0.273. The van der Waals surface area contributed by atoms with E-state index in [9.17, 15) is 0 Å². The third kappa shape index (κ3) is 2.13. The first kappa shape index (κ1) is 15.0. The predicted molar refractivity (Wildman–Crippen MR) is 99.3 cm³/mol. The molecule has 128 valence electrons. The number of ether oxygens (including phenoxy) is 1. The second-order valence-electron chi connectivity index (χ2n) is 7.54. The molecule has 0 saturated heterocycles. The van der Waals surface area contributed by atoms with Crippen molar-refractivity contribution in [2.24, 2.45) is 0 Å². The van der Waals surface area contributed by atoms with Crippen LogP contribution < -0.4 is 4.74 Å². The van der Waals surface area contributed by atoms with Crippen molar-refractivity contribution >= 4 is 10.9 Å². The summed E-state index contributed by atoms with van der Waals surface area (Å²) >= 11 is 0. The highest BCUT2D eigenvalue weighted by Crippen LogP contribution is 2.49. The zero-order chi connectivity index (χ0) is 17.1. The van der Waals surface area contributed by atoms with Gasteiger partial charge in [0.2, 0.25) is 5.88 Å². The van der Waals surface area contributed by atoms with E-state index in [1.165, 1.54) is 27.6 Å².